The standard InChI is InChI=1S/C13H18ClNO.C10H9Cl2NO/c1-4-5-10(3)13(16)15-11-7-6-9(2)12(14)8-11;1-6(2)10(14)13-7-3-4-8(11)9(12)5-7/h6-8,10H,4-5H2,1-3H3,(H,15,16);3-5H,1H2,2H3,(H,13,14). The van der Waals surface area contributed by atoms with E-state index in [9.17, 15) is 9.59 Å². The van der Waals surface area contributed by atoms with Crippen molar-refractivity contribution in [2.45, 2.75) is 40.5 Å². The first-order valence-electron chi connectivity index (χ1n) is 9.54. The molecule has 2 aromatic carbocycles. The third-order valence-corrected chi connectivity index (χ3v) is 5.32. The van der Waals surface area contributed by atoms with Gasteiger partial charge in [0, 0.05) is 27.9 Å². The van der Waals surface area contributed by atoms with Crippen LogP contribution in [0.4, 0.5) is 11.4 Å². The Morgan fingerprint density at radius 1 is 0.967 bits per heavy atom. The van der Waals surface area contributed by atoms with Gasteiger partial charge in [0.2, 0.25) is 5.91 Å². The molecule has 2 aromatic rings. The molecule has 0 aliphatic carbocycles. The van der Waals surface area contributed by atoms with Gasteiger partial charge in [-0.1, -0.05) is 67.7 Å². The minimum absolute atomic E-state index is 0.0464. The molecule has 0 radical (unpaired) electrons. The molecule has 0 bridgehead atoms. The fraction of sp³-hybridized carbons (Fsp3) is 0.304. The van der Waals surface area contributed by atoms with Gasteiger partial charge < -0.3 is 10.6 Å². The van der Waals surface area contributed by atoms with Gasteiger partial charge in [-0.3, -0.25) is 9.59 Å². The van der Waals surface area contributed by atoms with Crippen molar-refractivity contribution in [3.05, 3.63) is 69.2 Å². The highest BCUT2D eigenvalue weighted by Crippen LogP contribution is 2.25. The third kappa shape index (κ3) is 8.78. The Bertz CT molecular complexity index is 913. The maximum absolute atomic E-state index is 11.7. The summed E-state index contributed by atoms with van der Waals surface area (Å²) in [4.78, 5) is 23.0. The molecular formula is C23H27Cl3N2O2. The number of anilines is 2. The Labute approximate surface area is 193 Å². The Hall–Kier alpha value is -2.01. The van der Waals surface area contributed by atoms with E-state index in [1.165, 1.54) is 0 Å². The van der Waals surface area contributed by atoms with Crippen molar-refractivity contribution in [1.29, 1.82) is 0 Å². The van der Waals surface area contributed by atoms with Crippen LogP contribution < -0.4 is 10.6 Å². The number of carbonyl (C=O) groups is 2. The molecule has 0 aliphatic heterocycles. The lowest BCUT2D eigenvalue weighted by Gasteiger charge is -2.11. The number of benzene rings is 2. The number of amides is 2. The van der Waals surface area contributed by atoms with Gasteiger partial charge >= 0.3 is 0 Å². The molecule has 162 valence electrons. The highest BCUT2D eigenvalue weighted by molar-refractivity contribution is 6.42. The summed E-state index contributed by atoms with van der Waals surface area (Å²) in [5.74, 6) is -0.129. The van der Waals surface area contributed by atoms with Gasteiger partial charge in [0.05, 0.1) is 10.0 Å². The molecule has 0 heterocycles. The number of rotatable bonds is 6. The normalized spacial score (nSPS) is 11.0. The largest absolute Gasteiger partial charge is 0.326 e. The van der Waals surface area contributed by atoms with Crippen LogP contribution in [-0.2, 0) is 9.59 Å². The van der Waals surface area contributed by atoms with E-state index in [-0.39, 0.29) is 17.7 Å². The first-order valence-corrected chi connectivity index (χ1v) is 10.7. The predicted molar refractivity (Wildman–Crippen MR) is 129 cm³/mol. The van der Waals surface area contributed by atoms with Gasteiger partial charge in [-0.2, -0.15) is 0 Å². The summed E-state index contributed by atoms with van der Waals surface area (Å²) in [6.07, 6.45) is 1.93. The minimum Gasteiger partial charge on any atom is -0.326 e. The quantitative estimate of drug-likeness (QED) is 0.429. The van der Waals surface area contributed by atoms with E-state index in [4.69, 9.17) is 34.8 Å². The Kier molecular flexibility index (Phi) is 11.0. The van der Waals surface area contributed by atoms with E-state index in [2.05, 4.69) is 24.1 Å². The highest BCUT2D eigenvalue weighted by atomic mass is 35.5. The number of hydrogen-bond donors (Lipinski definition) is 2. The van der Waals surface area contributed by atoms with Gasteiger partial charge in [0.25, 0.3) is 5.91 Å². The van der Waals surface area contributed by atoms with E-state index >= 15 is 0 Å². The molecule has 0 saturated heterocycles. The molecule has 1 atom stereocenters. The van der Waals surface area contributed by atoms with Crippen molar-refractivity contribution in [3.63, 3.8) is 0 Å². The molecular weight excluding hydrogens is 443 g/mol. The zero-order valence-electron chi connectivity index (χ0n) is 17.6. The molecule has 4 nitrogen and oxygen atoms in total. The van der Waals surface area contributed by atoms with Crippen LogP contribution in [0.15, 0.2) is 48.6 Å². The van der Waals surface area contributed by atoms with Gasteiger partial charge in [-0.15, -0.1) is 0 Å². The van der Waals surface area contributed by atoms with E-state index < -0.39 is 0 Å². The number of aryl methyl sites for hydroxylation is 1. The summed E-state index contributed by atoms with van der Waals surface area (Å²) >= 11 is 17.5. The molecule has 0 saturated carbocycles. The minimum atomic E-state index is -0.233. The lowest BCUT2D eigenvalue weighted by atomic mass is 10.1. The average Bonchev–Trinajstić information content (AvgIpc) is 2.68. The first-order chi connectivity index (χ1) is 14.0. The summed E-state index contributed by atoms with van der Waals surface area (Å²) in [5, 5.41) is 7.05. The van der Waals surface area contributed by atoms with Crippen LogP contribution in [-0.4, -0.2) is 11.8 Å². The SMILES string of the molecule is C=C(C)C(=O)Nc1ccc(Cl)c(Cl)c1.CCCC(C)C(=O)Nc1ccc(C)c(Cl)c1. The Morgan fingerprint density at radius 3 is 2.07 bits per heavy atom. The monoisotopic (exact) mass is 468 g/mol. The van der Waals surface area contributed by atoms with Crippen LogP contribution in [0.3, 0.4) is 0 Å². The maximum atomic E-state index is 11.7. The number of hydrogen-bond acceptors (Lipinski definition) is 2. The summed E-state index contributed by atoms with van der Waals surface area (Å²) < 4.78 is 0. The van der Waals surface area contributed by atoms with Crippen molar-refractivity contribution in [2.24, 2.45) is 5.92 Å². The molecule has 2 N–H and O–H groups in total. The van der Waals surface area contributed by atoms with Crippen LogP contribution in [0, 0.1) is 12.8 Å². The van der Waals surface area contributed by atoms with E-state index in [0.717, 1.165) is 24.1 Å². The van der Waals surface area contributed by atoms with Crippen LogP contribution in [0.25, 0.3) is 0 Å². The fourth-order valence-corrected chi connectivity index (χ4v) is 2.79. The predicted octanol–water partition coefficient (Wildman–Crippen LogP) is 7.53. The topological polar surface area (TPSA) is 58.2 Å². The van der Waals surface area contributed by atoms with Crippen LogP contribution in [0.1, 0.15) is 39.2 Å². The second-order valence-corrected chi connectivity index (χ2v) is 8.23. The van der Waals surface area contributed by atoms with E-state index in [0.29, 0.717) is 26.3 Å². The highest BCUT2D eigenvalue weighted by Gasteiger charge is 2.12. The van der Waals surface area contributed by atoms with Crippen LogP contribution >= 0.6 is 34.8 Å². The molecule has 7 heteroatoms. The summed E-state index contributed by atoms with van der Waals surface area (Å²) in [5.41, 5.74) is 2.83. The van der Waals surface area contributed by atoms with Crippen LogP contribution in [0.5, 0.6) is 0 Å². The van der Waals surface area contributed by atoms with Gasteiger partial charge in [0.1, 0.15) is 0 Å². The smallest absolute Gasteiger partial charge is 0.250 e. The molecule has 2 rings (SSSR count). The summed E-state index contributed by atoms with van der Waals surface area (Å²) in [6, 6.07) is 10.4. The lowest BCUT2D eigenvalue weighted by molar-refractivity contribution is -0.119. The van der Waals surface area contributed by atoms with Gasteiger partial charge in [0.15, 0.2) is 0 Å². The zero-order valence-corrected chi connectivity index (χ0v) is 19.9. The van der Waals surface area contributed by atoms with Gasteiger partial charge in [-0.05, 0) is 56.2 Å². The third-order valence-electron chi connectivity index (χ3n) is 4.17. The van der Waals surface area contributed by atoms with Crippen LogP contribution in [0.2, 0.25) is 15.1 Å². The molecule has 0 aliphatic rings. The van der Waals surface area contributed by atoms with Crippen molar-refractivity contribution >= 4 is 58.0 Å². The van der Waals surface area contributed by atoms with Crippen molar-refractivity contribution in [2.75, 3.05) is 10.6 Å². The molecule has 0 fully saturated rings. The van der Waals surface area contributed by atoms with E-state index in [1.54, 1.807) is 31.2 Å². The van der Waals surface area contributed by atoms with E-state index in [1.807, 2.05) is 26.0 Å². The fourth-order valence-electron chi connectivity index (χ4n) is 2.31. The van der Waals surface area contributed by atoms with Crippen molar-refractivity contribution in [1.82, 2.24) is 0 Å². The number of halogens is 3. The Balaban J connectivity index is 0.000000303. The molecule has 0 spiro atoms. The molecule has 30 heavy (non-hydrogen) atoms. The number of carbonyl (C=O) groups excluding carboxylic acids is 2. The maximum Gasteiger partial charge on any atom is 0.250 e. The second-order valence-electron chi connectivity index (χ2n) is 7.01. The molecule has 2 amide bonds. The second kappa shape index (κ2) is 12.6. The average molecular weight is 470 g/mol. The molecule has 1 unspecified atom stereocenters. The number of nitrogens with one attached hydrogen (secondary N) is 2. The Morgan fingerprint density at radius 2 is 1.53 bits per heavy atom. The zero-order chi connectivity index (χ0) is 22.8. The molecule has 0 aromatic heterocycles. The van der Waals surface area contributed by atoms with Gasteiger partial charge in [-0.25, -0.2) is 0 Å². The summed E-state index contributed by atoms with van der Waals surface area (Å²) in [6.45, 7) is 11.1. The summed E-state index contributed by atoms with van der Waals surface area (Å²) in [7, 11) is 0. The lowest BCUT2D eigenvalue weighted by Crippen LogP contribution is -2.20. The van der Waals surface area contributed by atoms with Crippen molar-refractivity contribution in [3.8, 4) is 0 Å². The van der Waals surface area contributed by atoms with Crippen molar-refractivity contribution < 1.29 is 9.59 Å². The first kappa shape index (κ1) is 26.0.